The molecule has 1 saturated heterocycles. The van der Waals surface area contributed by atoms with Gasteiger partial charge in [-0.05, 0) is 24.3 Å². The van der Waals surface area contributed by atoms with Crippen molar-refractivity contribution in [2.75, 3.05) is 32.8 Å². The normalized spacial score (nSPS) is 14.6. The van der Waals surface area contributed by atoms with Gasteiger partial charge >= 0.3 is 0 Å². The standard InChI is InChI=1S/C24H24FN5O2S/c25-20-8-6-19(7-9-20)23-27-28-24(30(23)11-10-29-12-14-31-15-13-29)33-17-22-26-16-21(32-22)18-4-2-1-3-5-18/h1-9,16H,10-15,17H2. The Morgan fingerprint density at radius 2 is 1.70 bits per heavy atom. The number of morpholine rings is 1. The monoisotopic (exact) mass is 465 g/mol. The molecule has 0 amide bonds. The van der Waals surface area contributed by atoms with Gasteiger partial charge in [-0.15, -0.1) is 10.2 Å². The summed E-state index contributed by atoms with van der Waals surface area (Å²) in [4.78, 5) is 6.79. The number of halogens is 1. The third-order valence-electron chi connectivity index (χ3n) is 5.50. The summed E-state index contributed by atoms with van der Waals surface area (Å²) in [6.45, 7) is 4.92. The van der Waals surface area contributed by atoms with E-state index in [1.165, 1.54) is 23.9 Å². The minimum Gasteiger partial charge on any atom is -0.440 e. The Labute approximate surface area is 195 Å². The van der Waals surface area contributed by atoms with Crippen LogP contribution in [-0.4, -0.2) is 57.5 Å². The molecule has 5 rings (SSSR count). The molecule has 1 aliphatic rings. The van der Waals surface area contributed by atoms with Crippen molar-refractivity contribution >= 4 is 11.8 Å². The maximum atomic E-state index is 13.4. The quantitative estimate of drug-likeness (QED) is 0.358. The Morgan fingerprint density at radius 1 is 0.909 bits per heavy atom. The number of hydrogen-bond donors (Lipinski definition) is 0. The maximum absolute atomic E-state index is 13.4. The second kappa shape index (κ2) is 10.3. The van der Waals surface area contributed by atoms with Crippen LogP contribution in [0.4, 0.5) is 4.39 Å². The van der Waals surface area contributed by atoms with E-state index in [4.69, 9.17) is 9.15 Å². The van der Waals surface area contributed by atoms with Gasteiger partial charge in [0.25, 0.3) is 0 Å². The molecule has 0 aliphatic carbocycles. The lowest BCUT2D eigenvalue weighted by atomic mass is 10.2. The van der Waals surface area contributed by atoms with Gasteiger partial charge in [0.15, 0.2) is 16.7 Å². The Kier molecular flexibility index (Phi) is 6.80. The molecule has 0 bridgehead atoms. The fourth-order valence-corrected chi connectivity index (χ4v) is 4.53. The van der Waals surface area contributed by atoms with Gasteiger partial charge in [-0.2, -0.15) is 0 Å². The second-order valence-electron chi connectivity index (χ2n) is 7.69. The molecule has 0 N–H and O–H groups in total. The van der Waals surface area contributed by atoms with Crippen molar-refractivity contribution in [3.63, 3.8) is 0 Å². The number of oxazole rings is 1. The number of rotatable bonds is 8. The van der Waals surface area contributed by atoms with E-state index in [0.29, 0.717) is 11.6 Å². The summed E-state index contributed by atoms with van der Waals surface area (Å²) in [6, 6.07) is 16.3. The number of thioether (sulfide) groups is 1. The molecule has 0 radical (unpaired) electrons. The highest BCUT2D eigenvalue weighted by atomic mass is 32.2. The predicted molar refractivity (Wildman–Crippen MR) is 124 cm³/mol. The van der Waals surface area contributed by atoms with Crippen LogP contribution in [0, 0.1) is 5.82 Å². The van der Waals surface area contributed by atoms with E-state index in [-0.39, 0.29) is 5.82 Å². The lowest BCUT2D eigenvalue weighted by Gasteiger charge is -2.27. The Balaban J connectivity index is 1.33. The van der Waals surface area contributed by atoms with Crippen molar-refractivity contribution in [3.05, 3.63) is 72.5 Å². The summed E-state index contributed by atoms with van der Waals surface area (Å²) in [7, 11) is 0. The minimum atomic E-state index is -0.272. The SMILES string of the molecule is Fc1ccc(-c2nnc(SCc3ncc(-c4ccccc4)o3)n2CCN2CCOCC2)cc1. The molecular weight excluding hydrogens is 441 g/mol. The van der Waals surface area contributed by atoms with E-state index in [0.717, 1.165) is 67.3 Å². The lowest BCUT2D eigenvalue weighted by Crippen LogP contribution is -2.38. The van der Waals surface area contributed by atoms with Crippen molar-refractivity contribution in [2.24, 2.45) is 0 Å². The number of benzene rings is 2. The van der Waals surface area contributed by atoms with E-state index in [1.54, 1.807) is 18.3 Å². The van der Waals surface area contributed by atoms with E-state index >= 15 is 0 Å². The van der Waals surface area contributed by atoms with Gasteiger partial charge in [0.1, 0.15) is 5.82 Å². The van der Waals surface area contributed by atoms with Gasteiger partial charge in [0.2, 0.25) is 5.89 Å². The molecule has 3 heterocycles. The Bertz CT molecular complexity index is 1170. The Hall–Kier alpha value is -3.01. The molecule has 7 nitrogen and oxygen atoms in total. The summed E-state index contributed by atoms with van der Waals surface area (Å²) in [5.41, 5.74) is 1.83. The number of ether oxygens (including phenoxy) is 1. The molecule has 0 spiro atoms. The van der Waals surface area contributed by atoms with E-state index < -0.39 is 0 Å². The lowest BCUT2D eigenvalue weighted by molar-refractivity contribution is 0.0361. The van der Waals surface area contributed by atoms with Crippen LogP contribution in [-0.2, 0) is 17.0 Å². The van der Waals surface area contributed by atoms with E-state index in [9.17, 15) is 4.39 Å². The number of nitrogens with zero attached hydrogens (tertiary/aromatic N) is 5. The number of aromatic nitrogens is 4. The van der Waals surface area contributed by atoms with Crippen LogP contribution in [0.15, 0.2) is 70.4 Å². The highest BCUT2D eigenvalue weighted by Gasteiger charge is 2.18. The van der Waals surface area contributed by atoms with Crippen molar-refractivity contribution in [3.8, 4) is 22.7 Å². The van der Waals surface area contributed by atoms with Gasteiger partial charge in [-0.25, -0.2) is 9.37 Å². The van der Waals surface area contributed by atoms with Crippen molar-refractivity contribution < 1.29 is 13.5 Å². The van der Waals surface area contributed by atoms with E-state index in [1.807, 2.05) is 30.3 Å². The second-order valence-corrected chi connectivity index (χ2v) is 8.63. The molecule has 9 heteroatoms. The van der Waals surface area contributed by atoms with Crippen LogP contribution < -0.4 is 0 Å². The smallest absolute Gasteiger partial charge is 0.205 e. The first kappa shape index (κ1) is 21.8. The predicted octanol–water partition coefficient (Wildman–Crippen LogP) is 4.36. The summed E-state index contributed by atoms with van der Waals surface area (Å²) in [5, 5.41) is 9.63. The largest absolute Gasteiger partial charge is 0.440 e. The summed E-state index contributed by atoms with van der Waals surface area (Å²) in [6.07, 6.45) is 1.75. The van der Waals surface area contributed by atoms with Crippen LogP contribution in [0.25, 0.3) is 22.7 Å². The fraction of sp³-hybridized carbons (Fsp3) is 0.292. The third-order valence-corrected chi connectivity index (χ3v) is 6.45. The maximum Gasteiger partial charge on any atom is 0.205 e. The van der Waals surface area contributed by atoms with Gasteiger partial charge < -0.3 is 13.7 Å². The van der Waals surface area contributed by atoms with Crippen LogP contribution in [0.1, 0.15) is 5.89 Å². The summed E-state index contributed by atoms with van der Waals surface area (Å²) in [5.74, 6) is 2.36. The zero-order chi connectivity index (χ0) is 22.5. The minimum absolute atomic E-state index is 0.272. The van der Waals surface area contributed by atoms with Crippen LogP contribution in [0.2, 0.25) is 0 Å². The van der Waals surface area contributed by atoms with Crippen LogP contribution in [0.5, 0.6) is 0 Å². The molecule has 0 unspecified atom stereocenters. The molecule has 2 aromatic carbocycles. The van der Waals surface area contributed by atoms with Crippen molar-refractivity contribution in [2.45, 2.75) is 17.5 Å². The van der Waals surface area contributed by atoms with Gasteiger partial charge in [0.05, 0.1) is 25.2 Å². The highest BCUT2D eigenvalue weighted by molar-refractivity contribution is 7.98. The zero-order valence-electron chi connectivity index (χ0n) is 18.1. The first-order valence-corrected chi connectivity index (χ1v) is 11.9. The fourth-order valence-electron chi connectivity index (χ4n) is 3.71. The van der Waals surface area contributed by atoms with Crippen molar-refractivity contribution in [1.29, 1.82) is 0 Å². The molecule has 0 saturated carbocycles. The molecule has 0 atom stereocenters. The first-order chi connectivity index (χ1) is 16.3. The molecule has 1 aliphatic heterocycles. The molecule has 2 aromatic heterocycles. The van der Waals surface area contributed by atoms with E-state index in [2.05, 4.69) is 24.6 Å². The van der Waals surface area contributed by atoms with Crippen molar-refractivity contribution in [1.82, 2.24) is 24.6 Å². The average molecular weight is 466 g/mol. The van der Waals surface area contributed by atoms with Gasteiger partial charge in [-0.1, -0.05) is 42.1 Å². The molecule has 4 aromatic rings. The topological polar surface area (TPSA) is 69.2 Å². The van der Waals surface area contributed by atoms with Gasteiger partial charge in [0, 0.05) is 37.3 Å². The average Bonchev–Trinajstić information content (AvgIpc) is 3.50. The molecule has 170 valence electrons. The Morgan fingerprint density at radius 3 is 2.48 bits per heavy atom. The first-order valence-electron chi connectivity index (χ1n) is 10.9. The molecule has 1 fully saturated rings. The third kappa shape index (κ3) is 5.32. The van der Waals surface area contributed by atoms with Crippen LogP contribution >= 0.6 is 11.8 Å². The zero-order valence-corrected chi connectivity index (χ0v) is 18.9. The van der Waals surface area contributed by atoms with Gasteiger partial charge in [-0.3, -0.25) is 4.90 Å². The highest BCUT2D eigenvalue weighted by Crippen LogP contribution is 2.28. The van der Waals surface area contributed by atoms with Crippen LogP contribution in [0.3, 0.4) is 0 Å². The summed E-state index contributed by atoms with van der Waals surface area (Å²) >= 11 is 1.53. The number of hydrogen-bond acceptors (Lipinski definition) is 7. The molecular formula is C24H24FN5O2S. The molecule has 33 heavy (non-hydrogen) atoms. The summed E-state index contributed by atoms with van der Waals surface area (Å²) < 4.78 is 26.9.